The highest BCUT2D eigenvalue weighted by atomic mass is 32.2. The van der Waals surface area contributed by atoms with Crippen molar-refractivity contribution in [1.29, 1.82) is 0 Å². The van der Waals surface area contributed by atoms with Crippen LogP contribution in [0.25, 0.3) is 10.8 Å². The number of fused-ring (bicyclic) bond motifs is 1. The zero-order chi connectivity index (χ0) is 18.7. The molecule has 0 amide bonds. The molecule has 0 bridgehead atoms. The predicted octanol–water partition coefficient (Wildman–Crippen LogP) is 3.67. The maximum absolute atomic E-state index is 12.7. The number of rotatable bonds is 5. The fourth-order valence-electron chi connectivity index (χ4n) is 2.88. The van der Waals surface area contributed by atoms with E-state index in [0.29, 0.717) is 5.56 Å². The third-order valence-corrected chi connectivity index (χ3v) is 5.76. The van der Waals surface area contributed by atoms with Gasteiger partial charge >= 0.3 is 5.97 Å². The average Bonchev–Trinajstić information content (AvgIpc) is 2.66. The monoisotopic (exact) mass is 369 g/mol. The van der Waals surface area contributed by atoms with E-state index in [0.717, 1.165) is 16.3 Å². The fourth-order valence-corrected chi connectivity index (χ4v) is 4.10. The molecule has 0 saturated heterocycles. The van der Waals surface area contributed by atoms with E-state index in [9.17, 15) is 13.2 Å². The summed E-state index contributed by atoms with van der Waals surface area (Å²) < 4.78 is 32.7. The van der Waals surface area contributed by atoms with Gasteiger partial charge in [-0.2, -0.15) is 0 Å². The van der Waals surface area contributed by atoms with Crippen LogP contribution in [0.1, 0.15) is 28.9 Å². The molecule has 0 aromatic heterocycles. The number of carbonyl (C=O) groups is 1. The first-order valence-electron chi connectivity index (χ1n) is 8.11. The molecular formula is C20H19NO4S. The molecule has 1 atom stereocenters. The summed E-state index contributed by atoms with van der Waals surface area (Å²) in [6.07, 6.45) is 0. The number of benzene rings is 3. The Kier molecular flexibility index (Phi) is 5.06. The van der Waals surface area contributed by atoms with Crippen molar-refractivity contribution in [2.24, 2.45) is 0 Å². The predicted molar refractivity (Wildman–Crippen MR) is 100 cm³/mol. The Bertz CT molecular complexity index is 1040. The molecule has 0 fully saturated rings. The van der Waals surface area contributed by atoms with Crippen LogP contribution in [0.5, 0.6) is 0 Å². The zero-order valence-electron chi connectivity index (χ0n) is 14.5. The van der Waals surface area contributed by atoms with Gasteiger partial charge in [0.1, 0.15) is 0 Å². The molecule has 5 nitrogen and oxygen atoms in total. The minimum absolute atomic E-state index is 0.0947. The van der Waals surface area contributed by atoms with Crippen LogP contribution in [0.3, 0.4) is 0 Å². The summed E-state index contributed by atoms with van der Waals surface area (Å²) >= 11 is 0. The van der Waals surface area contributed by atoms with Gasteiger partial charge in [0.15, 0.2) is 0 Å². The van der Waals surface area contributed by atoms with Crippen molar-refractivity contribution in [2.75, 3.05) is 7.11 Å². The third kappa shape index (κ3) is 3.61. The molecule has 0 spiro atoms. The molecule has 134 valence electrons. The van der Waals surface area contributed by atoms with Gasteiger partial charge in [-0.25, -0.2) is 17.9 Å². The molecule has 3 rings (SSSR count). The molecule has 1 N–H and O–H groups in total. The van der Waals surface area contributed by atoms with Crippen LogP contribution in [0.2, 0.25) is 0 Å². The number of carbonyl (C=O) groups excluding carboxylic acids is 1. The molecule has 26 heavy (non-hydrogen) atoms. The fraction of sp³-hybridized carbons (Fsp3) is 0.150. The Morgan fingerprint density at radius 1 is 0.962 bits per heavy atom. The number of esters is 1. The van der Waals surface area contributed by atoms with Gasteiger partial charge in [0.05, 0.1) is 17.6 Å². The van der Waals surface area contributed by atoms with Crippen LogP contribution < -0.4 is 4.72 Å². The first-order chi connectivity index (χ1) is 12.4. The maximum atomic E-state index is 12.7. The standard InChI is InChI=1S/C20H19NO4S/c1-14(18-9-5-7-15-6-3-4-8-19(15)18)21-26(23,24)17-12-10-16(11-13-17)20(22)25-2/h3-14,21H,1-2H3. The lowest BCUT2D eigenvalue weighted by Crippen LogP contribution is -2.27. The normalized spacial score (nSPS) is 12.7. The Hall–Kier alpha value is -2.70. The molecule has 0 aliphatic rings. The molecular weight excluding hydrogens is 350 g/mol. The number of nitrogens with one attached hydrogen (secondary N) is 1. The van der Waals surface area contributed by atoms with E-state index >= 15 is 0 Å². The first kappa shape index (κ1) is 18.1. The van der Waals surface area contributed by atoms with Gasteiger partial charge in [0.25, 0.3) is 0 Å². The molecule has 0 radical (unpaired) electrons. The van der Waals surface area contributed by atoms with E-state index in [1.165, 1.54) is 31.4 Å². The minimum Gasteiger partial charge on any atom is -0.465 e. The second-order valence-electron chi connectivity index (χ2n) is 5.93. The molecule has 3 aromatic carbocycles. The van der Waals surface area contributed by atoms with Gasteiger partial charge in [-0.3, -0.25) is 0 Å². The van der Waals surface area contributed by atoms with Crippen molar-refractivity contribution in [3.8, 4) is 0 Å². The van der Waals surface area contributed by atoms with E-state index < -0.39 is 22.0 Å². The van der Waals surface area contributed by atoms with Gasteiger partial charge in [0, 0.05) is 6.04 Å². The van der Waals surface area contributed by atoms with Gasteiger partial charge in [-0.1, -0.05) is 42.5 Å². The van der Waals surface area contributed by atoms with Gasteiger partial charge < -0.3 is 4.74 Å². The molecule has 3 aromatic rings. The lowest BCUT2D eigenvalue weighted by atomic mass is 10.0. The SMILES string of the molecule is COC(=O)c1ccc(S(=O)(=O)NC(C)c2cccc3ccccc23)cc1. The number of methoxy groups -OCH3 is 1. The van der Waals surface area contributed by atoms with Crippen LogP contribution in [0.15, 0.2) is 71.6 Å². The van der Waals surface area contributed by atoms with Crippen LogP contribution in [-0.4, -0.2) is 21.5 Å². The lowest BCUT2D eigenvalue weighted by molar-refractivity contribution is 0.0600. The van der Waals surface area contributed by atoms with Crippen LogP contribution in [0.4, 0.5) is 0 Å². The van der Waals surface area contributed by atoms with Crippen molar-refractivity contribution in [3.63, 3.8) is 0 Å². The van der Waals surface area contributed by atoms with Gasteiger partial charge in [-0.15, -0.1) is 0 Å². The second kappa shape index (κ2) is 7.27. The molecule has 6 heteroatoms. The van der Waals surface area contributed by atoms with Crippen LogP contribution >= 0.6 is 0 Å². The third-order valence-electron chi connectivity index (χ3n) is 4.21. The number of hydrogen-bond acceptors (Lipinski definition) is 4. The van der Waals surface area contributed by atoms with Gasteiger partial charge in [-0.05, 0) is 47.5 Å². The summed E-state index contributed by atoms with van der Waals surface area (Å²) in [6, 6.07) is 18.9. The zero-order valence-corrected chi connectivity index (χ0v) is 15.3. The maximum Gasteiger partial charge on any atom is 0.337 e. The van der Waals surface area contributed by atoms with Gasteiger partial charge in [0.2, 0.25) is 10.0 Å². The first-order valence-corrected chi connectivity index (χ1v) is 9.59. The van der Waals surface area contributed by atoms with E-state index in [4.69, 9.17) is 0 Å². The summed E-state index contributed by atoms with van der Waals surface area (Å²) in [7, 11) is -2.45. The van der Waals surface area contributed by atoms with E-state index in [1.807, 2.05) is 49.4 Å². The van der Waals surface area contributed by atoms with Crippen molar-refractivity contribution >= 4 is 26.8 Å². The molecule has 0 saturated carbocycles. The summed E-state index contributed by atoms with van der Waals surface area (Å²) in [5.74, 6) is -0.508. The van der Waals surface area contributed by atoms with Crippen molar-refractivity contribution < 1.29 is 17.9 Å². The Morgan fingerprint density at radius 2 is 1.62 bits per heavy atom. The summed E-state index contributed by atoms with van der Waals surface area (Å²) in [4.78, 5) is 11.6. The summed E-state index contributed by atoms with van der Waals surface area (Å²) in [5, 5.41) is 2.06. The number of sulfonamides is 1. The average molecular weight is 369 g/mol. The highest BCUT2D eigenvalue weighted by Crippen LogP contribution is 2.25. The van der Waals surface area contributed by atoms with Crippen LogP contribution in [0, 0.1) is 0 Å². The number of hydrogen-bond donors (Lipinski definition) is 1. The quantitative estimate of drug-likeness (QED) is 0.697. The van der Waals surface area contributed by atoms with E-state index in [2.05, 4.69) is 9.46 Å². The smallest absolute Gasteiger partial charge is 0.337 e. The van der Waals surface area contributed by atoms with Crippen molar-refractivity contribution in [1.82, 2.24) is 4.72 Å². The highest BCUT2D eigenvalue weighted by Gasteiger charge is 2.20. The Labute approximate surface area is 152 Å². The summed E-state index contributed by atoms with van der Waals surface area (Å²) in [6.45, 7) is 1.81. The largest absolute Gasteiger partial charge is 0.465 e. The summed E-state index contributed by atoms with van der Waals surface area (Å²) in [5.41, 5.74) is 1.20. The molecule has 0 aliphatic heterocycles. The van der Waals surface area contributed by atoms with Crippen LogP contribution in [-0.2, 0) is 14.8 Å². The number of ether oxygens (including phenoxy) is 1. The second-order valence-corrected chi connectivity index (χ2v) is 7.64. The topological polar surface area (TPSA) is 72.5 Å². The molecule has 0 aliphatic carbocycles. The highest BCUT2D eigenvalue weighted by molar-refractivity contribution is 7.89. The molecule has 0 heterocycles. The lowest BCUT2D eigenvalue weighted by Gasteiger charge is -2.17. The van der Waals surface area contributed by atoms with Crippen molar-refractivity contribution in [2.45, 2.75) is 17.9 Å². The van der Waals surface area contributed by atoms with Crippen molar-refractivity contribution in [3.05, 3.63) is 77.9 Å². The molecule has 1 unspecified atom stereocenters. The Balaban J connectivity index is 1.88. The Morgan fingerprint density at radius 3 is 2.31 bits per heavy atom. The minimum atomic E-state index is -3.73. The van der Waals surface area contributed by atoms with E-state index in [1.54, 1.807) is 0 Å². The van der Waals surface area contributed by atoms with E-state index in [-0.39, 0.29) is 4.90 Å².